The van der Waals surface area contributed by atoms with E-state index in [2.05, 4.69) is 13.8 Å². The van der Waals surface area contributed by atoms with Crippen LogP contribution in [-0.4, -0.2) is 25.2 Å². The Bertz CT molecular complexity index is 384. The minimum absolute atomic E-state index is 0.187. The van der Waals surface area contributed by atoms with Crippen molar-refractivity contribution >= 4 is 11.9 Å². The second kappa shape index (κ2) is 27.2. The number of rotatable bonds is 26. The Morgan fingerprint density at radius 1 is 0.394 bits per heavy atom. The molecule has 0 aromatic rings. The van der Waals surface area contributed by atoms with Crippen LogP contribution in [0.4, 0.5) is 0 Å². The largest absolute Gasteiger partial charge is 0.466 e. The lowest BCUT2D eigenvalue weighted by Crippen LogP contribution is -2.09. The van der Waals surface area contributed by atoms with Gasteiger partial charge in [-0.2, -0.15) is 0 Å². The highest BCUT2D eigenvalue weighted by Gasteiger charge is 2.07. The summed E-state index contributed by atoms with van der Waals surface area (Å²) in [6, 6.07) is 0. The number of ether oxygens (including phenoxy) is 2. The Morgan fingerprint density at radius 2 is 0.667 bits per heavy atom. The third-order valence-electron chi connectivity index (χ3n) is 6.28. The minimum Gasteiger partial charge on any atom is -0.466 e. The average Bonchev–Trinajstić information content (AvgIpc) is 2.81. The van der Waals surface area contributed by atoms with Gasteiger partial charge < -0.3 is 9.47 Å². The Morgan fingerprint density at radius 3 is 0.970 bits per heavy atom. The number of carbonyl (C=O) groups excluding carboxylic acids is 2. The van der Waals surface area contributed by atoms with Crippen molar-refractivity contribution in [1.29, 1.82) is 0 Å². The first-order chi connectivity index (χ1) is 16.2. The summed E-state index contributed by atoms with van der Waals surface area (Å²) in [4.78, 5) is 23.5. The molecule has 33 heavy (non-hydrogen) atoms. The molecule has 0 atom stereocenters. The molecule has 0 aliphatic rings. The molecule has 0 saturated heterocycles. The summed E-state index contributed by atoms with van der Waals surface area (Å²) in [5.74, 6) is -0.373. The Balaban J connectivity index is 3.29. The summed E-state index contributed by atoms with van der Waals surface area (Å²) in [5, 5.41) is 0. The maximum absolute atomic E-state index is 11.8. The van der Waals surface area contributed by atoms with Crippen LogP contribution in [0.25, 0.3) is 0 Å². The molecule has 0 rings (SSSR count). The van der Waals surface area contributed by atoms with Crippen molar-refractivity contribution in [3.63, 3.8) is 0 Å². The zero-order valence-corrected chi connectivity index (χ0v) is 22.3. The van der Waals surface area contributed by atoms with Gasteiger partial charge in [0.05, 0.1) is 13.2 Å². The third kappa shape index (κ3) is 27.1. The third-order valence-corrected chi connectivity index (χ3v) is 6.28. The molecule has 0 N–H and O–H groups in total. The van der Waals surface area contributed by atoms with Crippen LogP contribution < -0.4 is 0 Å². The van der Waals surface area contributed by atoms with E-state index < -0.39 is 0 Å². The number of carbonyl (C=O) groups is 2. The summed E-state index contributed by atoms with van der Waals surface area (Å²) in [6.07, 6.45) is 26.6. The van der Waals surface area contributed by atoms with Crippen LogP contribution in [0, 0.1) is 0 Å². The number of esters is 2. The van der Waals surface area contributed by atoms with Gasteiger partial charge in [0.15, 0.2) is 0 Å². The highest BCUT2D eigenvalue weighted by Crippen LogP contribution is 2.12. The van der Waals surface area contributed by atoms with Gasteiger partial charge in [0, 0.05) is 12.8 Å². The van der Waals surface area contributed by atoms with Crippen LogP contribution >= 0.6 is 0 Å². The maximum Gasteiger partial charge on any atom is 0.305 e. The van der Waals surface area contributed by atoms with Crippen molar-refractivity contribution in [1.82, 2.24) is 0 Å². The maximum atomic E-state index is 11.8. The molecule has 0 aromatic carbocycles. The van der Waals surface area contributed by atoms with Crippen molar-refractivity contribution in [2.75, 3.05) is 13.2 Å². The molecule has 0 unspecified atom stereocenters. The minimum atomic E-state index is -0.187. The van der Waals surface area contributed by atoms with Gasteiger partial charge in [-0.15, -0.1) is 0 Å². The molecule has 0 radical (unpaired) electrons. The van der Waals surface area contributed by atoms with Gasteiger partial charge in [-0.3, -0.25) is 9.59 Å². The first-order valence-corrected chi connectivity index (χ1v) is 14.5. The summed E-state index contributed by atoms with van der Waals surface area (Å²) in [5.41, 5.74) is 0. The topological polar surface area (TPSA) is 52.6 Å². The van der Waals surface area contributed by atoms with Crippen molar-refractivity contribution in [2.45, 2.75) is 162 Å². The SMILES string of the molecule is CCCCCCCCCCCCOC(=O)CCCC(=O)OCCCCCCCCCCCC. The highest BCUT2D eigenvalue weighted by atomic mass is 16.5. The molecule has 0 aromatic heterocycles. The van der Waals surface area contributed by atoms with Crippen LogP contribution in [0.3, 0.4) is 0 Å². The van der Waals surface area contributed by atoms with E-state index in [1.54, 1.807) is 0 Å². The van der Waals surface area contributed by atoms with Crippen LogP contribution in [0.2, 0.25) is 0 Å². The van der Waals surface area contributed by atoms with Crippen LogP contribution in [0.1, 0.15) is 162 Å². The molecule has 0 bridgehead atoms. The van der Waals surface area contributed by atoms with Gasteiger partial charge in [0.2, 0.25) is 0 Å². The van der Waals surface area contributed by atoms with E-state index in [1.807, 2.05) is 0 Å². The van der Waals surface area contributed by atoms with E-state index in [-0.39, 0.29) is 11.9 Å². The molecule has 0 saturated carbocycles. The summed E-state index contributed by atoms with van der Waals surface area (Å²) >= 11 is 0. The second-order valence-corrected chi connectivity index (χ2v) is 9.66. The van der Waals surface area contributed by atoms with Gasteiger partial charge in [-0.05, 0) is 19.3 Å². The van der Waals surface area contributed by atoms with E-state index in [9.17, 15) is 9.59 Å². The molecule has 4 nitrogen and oxygen atoms in total. The van der Waals surface area contributed by atoms with E-state index in [1.165, 1.54) is 103 Å². The van der Waals surface area contributed by atoms with E-state index in [4.69, 9.17) is 9.47 Å². The Hall–Kier alpha value is -1.06. The van der Waals surface area contributed by atoms with Crippen molar-refractivity contribution in [2.24, 2.45) is 0 Å². The molecular formula is C29H56O4. The molecule has 0 spiro atoms. The molecule has 0 fully saturated rings. The van der Waals surface area contributed by atoms with Gasteiger partial charge in [0.1, 0.15) is 0 Å². The molecule has 196 valence electrons. The molecule has 4 heteroatoms. The van der Waals surface area contributed by atoms with Crippen molar-refractivity contribution < 1.29 is 19.1 Å². The molecule has 0 amide bonds. The Kier molecular flexibility index (Phi) is 26.3. The predicted molar refractivity (Wildman–Crippen MR) is 139 cm³/mol. The quantitative estimate of drug-likeness (QED) is 0.0938. The lowest BCUT2D eigenvalue weighted by Gasteiger charge is -2.06. The molecule has 0 heterocycles. The van der Waals surface area contributed by atoms with Crippen LogP contribution in [0.5, 0.6) is 0 Å². The fraction of sp³-hybridized carbons (Fsp3) is 0.931. The lowest BCUT2D eigenvalue weighted by atomic mass is 10.1. The van der Waals surface area contributed by atoms with E-state index in [0.29, 0.717) is 32.5 Å². The fourth-order valence-corrected chi connectivity index (χ4v) is 4.07. The summed E-state index contributed by atoms with van der Waals surface area (Å²) in [6.45, 7) is 5.53. The van der Waals surface area contributed by atoms with Crippen molar-refractivity contribution in [3.8, 4) is 0 Å². The standard InChI is InChI=1S/C29H56O4/c1-3-5-7-9-11-13-15-17-19-21-26-32-28(30)24-23-25-29(31)33-27-22-20-18-16-14-12-10-8-6-4-2/h3-27H2,1-2H3. The number of hydrogen-bond donors (Lipinski definition) is 0. The van der Waals surface area contributed by atoms with Crippen molar-refractivity contribution in [3.05, 3.63) is 0 Å². The van der Waals surface area contributed by atoms with E-state index >= 15 is 0 Å². The zero-order chi connectivity index (χ0) is 24.2. The molecule has 0 aliphatic heterocycles. The smallest absolute Gasteiger partial charge is 0.305 e. The second-order valence-electron chi connectivity index (χ2n) is 9.66. The molecular weight excluding hydrogens is 412 g/mol. The normalized spacial score (nSPS) is 11.0. The summed E-state index contributed by atoms with van der Waals surface area (Å²) in [7, 11) is 0. The first kappa shape index (κ1) is 31.9. The average molecular weight is 469 g/mol. The number of unbranched alkanes of at least 4 members (excludes halogenated alkanes) is 18. The predicted octanol–water partition coefficient (Wildman–Crippen LogP) is 9.08. The zero-order valence-electron chi connectivity index (χ0n) is 22.3. The fourth-order valence-electron chi connectivity index (χ4n) is 4.07. The highest BCUT2D eigenvalue weighted by molar-refractivity contribution is 5.72. The number of hydrogen-bond acceptors (Lipinski definition) is 4. The van der Waals surface area contributed by atoms with Gasteiger partial charge in [-0.25, -0.2) is 0 Å². The van der Waals surface area contributed by atoms with Gasteiger partial charge >= 0.3 is 11.9 Å². The van der Waals surface area contributed by atoms with Crippen LogP contribution in [-0.2, 0) is 19.1 Å². The van der Waals surface area contributed by atoms with Gasteiger partial charge in [0.25, 0.3) is 0 Å². The Labute approximate surface area is 206 Å². The lowest BCUT2D eigenvalue weighted by molar-refractivity contribution is -0.145. The summed E-state index contributed by atoms with van der Waals surface area (Å²) < 4.78 is 10.6. The van der Waals surface area contributed by atoms with Crippen LogP contribution in [0.15, 0.2) is 0 Å². The first-order valence-electron chi connectivity index (χ1n) is 14.5. The van der Waals surface area contributed by atoms with E-state index in [0.717, 1.165) is 25.7 Å². The van der Waals surface area contributed by atoms with Gasteiger partial charge in [-0.1, -0.05) is 129 Å². The monoisotopic (exact) mass is 468 g/mol. The molecule has 0 aliphatic carbocycles.